The molecule has 1 aromatic heterocycles. The Labute approximate surface area is 103 Å². The van der Waals surface area contributed by atoms with E-state index in [-0.39, 0.29) is 5.82 Å². The van der Waals surface area contributed by atoms with Crippen molar-refractivity contribution in [3.05, 3.63) is 40.8 Å². The highest BCUT2D eigenvalue weighted by atomic mass is 16.6. The molecule has 0 amide bonds. The van der Waals surface area contributed by atoms with Crippen LogP contribution in [0.1, 0.15) is 0 Å². The fourth-order valence-electron chi connectivity index (χ4n) is 1.54. The quantitative estimate of drug-likeness (QED) is 0.606. The first-order chi connectivity index (χ1) is 8.67. The van der Waals surface area contributed by atoms with Gasteiger partial charge in [0.15, 0.2) is 11.5 Å². The number of methoxy groups -OCH3 is 2. The van der Waals surface area contributed by atoms with E-state index in [9.17, 15) is 10.1 Å². The van der Waals surface area contributed by atoms with Gasteiger partial charge in [0.2, 0.25) is 6.33 Å². The topological polar surface area (TPSA) is 79.4 Å². The monoisotopic (exact) mass is 248 g/mol. The Bertz CT molecular complexity index is 579. The van der Waals surface area contributed by atoms with Crippen LogP contribution in [0.3, 0.4) is 0 Å². The minimum atomic E-state index is -0.560. The zero-order valence-electron chi connectivity index (χ0n) is 9.78. The van der Waals surface area contributed by atoms with E-state index in [0.29, 0.717) is 17.2 Å². The van der Waals surface area contributed by atoms with Crippen molar-refractivity contribution in [2.75, 3.05) is 14.2 Å². The van der Waals surface area contributed by atoms with Crippen molar-refractivity contribution in [2.24, 2.45) is 0 Å². The SMILES string of the molecule is COc1[c]ccc(-n2cnc([N+](=O)[O-])c2)c1OC. The molecule has 93 valence electrons. The van der Waals surface area contributed by atoms with Crippen molar-refractivity contribution in [1.29, 1.82) is 0 Å². The lowest BCUT2D eigenvalue weighted by molar-refractivity contribution is -0.389. The van der Waals surface area contributed by atoms with Crippen LogP contribution in [-0.4, -0.2) is 28.7 Å². The highest BCUT2D eigenvalue weighted by Gasteiger charge is 2.16. The summed E-state index contributed by atoms with van der Waals surface area (Å²) in [5, 5.41) is 10.6. The first kappa shape index (κ1) is 11.9. The van der Waals surface area contributed by atoms with Gasteiger partial charge in [0.1, 0.15) is 6.20 Å². The summed E-state index contributed by atoms with van der Waals surface area (Å²) in [5.74, 6) is 0.627. The maximum absolute atomic E-state index is 10.6. The van der Waals surface area contributed by atoms with Crippen LogP contribution in [0.4, 0.5) is 5.82 Å². The van der Waals surface area contributed by atoms with Gasteiger partial charge in [-0.2, -0.15) is 0 Å². The summed E-state index contributed by atoms with van der Waals surface area (Å²) >= 11 is 0. The van der Waals surface area contributed by atoms with Gasteiger partial charge < -0.3 is 19.6 Å². The molecular weight excluding hydrogens is 238 g/mol. The van der Waals surface area contributed by atoms with Gasteiger partial charge in [-0.25, -0.2) is 0 Å². The summed E-state index contributed by atoms with van der Waals surface area (Å²) in [5.41, 5.74) is 0.591. The van der Waals surface area contributed by atoms with Crippen LogP contribution >= 0.6 is 0 Å². The number of imidazole rings is 1. The molecule has 1 heterocycles. The van der Waals surface area contributed by atoms with Crippen LogP contribution < -0.4 is 9.47 Å². The number of nitro groups is 1. The summed E-state index contributed by atoms with van der Waals surface area (Å²) in [7, 11) is 2.98. The van der Waals surface area contributed by atoms with Gasteiger partial charge in [-0.05, 0) is 22.0 Å². The molecule has 0 aliphatic rings. The van der Waals surface area contributed by atoms with E-state index < -0.39 is 4.92 Å². The molecule has 0 bridgehead atoms. The maximum Gasteiger partial charge on any atom is 0.381 e. The zero-order chi connectivity index (χ0) is 13.1. The molecule has 7 nitrogen and oxygen atoms in total. The first-order valence-electron chi connectivity index (χ1n) is 4.98. The summed E-state index contributed by atoms with van der Waals surface area (Å²) < 4.78 is 11.8. The molecule has 1 radical (unpaired) electrons. The van der Waals surface area contributed by atoms with Crippen molar-refractivity contribution < 1.29 is 14.4 Å². The van der Waals surface area contributed by atoms with Crippen molar-refractivity contribution in [2.45, 2.75) is 0 Å². The lowest BCUT2D eigenvalue weighted by atomic mass is 10.2. The molecule has 0 spiro atoms. The Hall–Kier alpha value is -2.57. The zero-order valence-corrected chi connectivity index (χ0v) is 9.78. The van der Waals surface area contributed by atoms with Gasteiger partial charge in [0.25, 0.3) is 0 Å². The van der Waals surface area contributed by atoms with Crippen LogP contribution in [0.25, 0.3) is 5.69 Å². The lowest BCUT2D eigenvalue weighted by Crippen LogP contribution is -1.98. The van der Waals surface area contributed by atoms with Crippen LogP contribution in [0.2, 0.25) is 0 Å². The summed E-state index contributed by atoms with van der Waals surface area (Å²) in [6, 6.07) is 6.21. The fraction of sp³-hybridized carbons (Fsp3) is 0.182. The normalized spacial score (nSPS) is 10.1. The van der Waals surface area contributed by atoms with E-state index in [0.717, 1.165) is 0 Å². The van der Waals surface area contributed by atoms with Gasteiger partial charge in [0, 0.05) is 6.07 Å². The van der Waals surface area contributed by atoms with E-state index in [1.165, 1.54) is 31.3 Å². The van der Waals surface area contributed by atoms with Crippen molar-refractivity contribution in [3.8, 4) is 17.2 Å². The van der Waals surface area contributed by atoms with Crippen molar-refractivity contribution in [3.63, 3.8) is 0 Å². The molecule has 0 atom stereocenters. The van der Waals surface area contributed by atoms with E-state index in [1.54, 1.807) is 12.1 Å². The lowest BCUT2D eigenvalue weighted by Gasteiger charge is -2.11. The number of aromatic nitrogens is 2. The Morgan fingerprint density at radius 2 is 2.22 bits per heavy atom. The third-order valence-electron chi connectivity index (χ3n) is 2.34. The molecule has 0 saturated heterocycles. The number of hydrogen-bond acceptors (Lipinski definition) is 5. The van der Waals surface area contributed by atoms with E-state index in [1.807, 2.05) is 0 Å². The van der Waals surface area contributed by atoms with E-state index >= 15 is 0 Å². The molecular formula is C11H10N3O4. The minimum absolute atomic E-state index is 0.233. The van der Waals surface area contributed by atoms with E-state index in [4.69, 9.17) is 9.47 Å². The van der Waals surface area contributed by atoms with Gasteiger partial charge in [-0.15, -0.1) is 0 Å². The van der Waals surface area contributed by atoms with Crippen LogP contribution in [0.15, 0.2) is 24.7 Å². The molecule has 0 unspecified atom stereocenters. The second-order valence-electron chi connectivity index (χ2n) is 3.33. The Morgan fingerprint density at radius 1 is 1.44 bits per heavy atom. The number of ether oxygens (including phenoxy) is 2. The predicted octanol–water partition coefficient (Wildman–Crippen LogP) is 1.60. The van der Waals surface area contributed by atoms with Crippen molar-refractivity contribution in [1.82, 2.24) is 9.55 Å². The van der Waals surface area contributed by atoms with Gasteiger partial charge in [0.05, 0.1) is 19.9 Å². The molecule has 2 rings (SSSR count). The number of nitrogens with zero attached hydrogens (tertiary/aromatic N) is 3. The highest BCUT2D eigenvalue weighted by molar-refractivity contribution is 5.55. The van der Waals surface area contributed by atoms with Crippen molar-refractivity contribution >= 4 is 5.82 Å². The largest absolute Gasteiger partial charge is 0.492 e. The van der Waals surface area contributed by atoms with Crippen LogP contribution in [0.5, 0.6) is 11.5 Å². The van der Waals surface area contributed by atoms with Crippen LogP contribution in [0, 0.1) is 16.2 Å². The molecule has 18 heavy (non-hydrogen) atoms. The van der Waals surface area contributed by atoms with Crippen LogP contribution in [-0.2, 0) is 0 Å². The molecule has 7 heteroatoms. The molecule has 0 saturated carbocycles. The average Bonchev–Trinajstić information content (AvgIpc) is 2.87. The van der Waals surface area contributed by atoms with Gasteiger partial charge in [-0.3, -0.25) is 4.57 Å². The summed E-state index contributed by atoms with van der Waals surface area (Å²) in [6.07, 6.45) is 2.65. The van der Waals surface area contributed by atoms with Gasteiger partial charge in [-0.1, -0.05) is 0 Å². The third kappa shape index (κ3) is 1.97. The molecule has 0 aliphatic carbocycles. The Morgan fingerprint density at radius 3 is 2.78 bits per heavy atom. The molecule has 2 aromatic rings. The second kappa shape index (κ2) is 4.74. The average molecular weight is 248 g/mol. The standard InChI is InChI=1S/C11H10N3O4/c1-17-9-5-3-4-8(11(9)18-2)13-6-10(12-7-13)14(15)16/h3-4,6-7H,1-2H3. The predicted molar refractivity (Wildman–Crippen MR) is 62.2 cm³/mol. The fourth-order valence-corrected chi connectivity index (χ4v) is 1.54. The minimum Gasteiger partial charge on any atom is -0.492 e. The second-order valence-corrected chi connectivity index (χ2v) is 3.33. The molecule has 0 N–H and O–H groups in total. The smallest absolute Gasteiger partial charge is 0.381 e. The number of rotatable bonds is 4. The first-order valence-corrected chi connectivity index (χ1v) is 4.98. The summed E-state index contributed by atoms with van der Waals surface area (Å²) in [6.45, 7) is 0. The summed E-state index contributed by atoms with van der Waals surface area (Å²) in [4.78, 5) is 13.7. The number of benzene rings is 1. The Kier molecular flexibility index (Phi) is 3.13. The number of hydrogen-bond donors (Lipinski definition) is 0. The molecule has 1 aromatic carbocycles. The van der Waals surface area contributed by atoms with Gasteiger partial charge >= 0.3 is 5.82 Å². The maximum atomic E-state index is 10.6. The molecule has 0 fully saturated rings. The molecule has 0 aliphatic heterocycles. The third-order valence-corrected chi connectivity index (χ3v) is 2.34. The van der Waals surface area contributed by atoms with E-state index in [2.05, 4.69) is 11.1 Å². The Balaban J connectivity index is 2.52. The highest BCUT2D eigenvalue weighted by Crippen LogP contribution is 2.33.